The molecule has 0 aliphatic heterocycles. The predicted molar refractivity (Wildman–Crippen MR) is 134 cm³/mol. The Bertz CT molecular complexity index is 705. The quantitative estimate of drug-likeness (QED) is 0.412. The molecule has 0 spiro atoms. The highest BCUT2D eigenvalue weighted by molar-refractivity contribution is 5.19. The van der Waals surface area contributed by atoms with Gasteiger partial charge in [0.1, 0.15) is 0 Å². The SMILES string of the molecule is CCC(C)[C@@H]1CC[C@@]2(C)C1CCC1(C)C2CCC2C3(C)CCCC(C)(C)C3CCC21C. The smallest absolute Gasteiger partial charge is 0.0235 e. The maximum absolute atomic E-state index is 2.82. The van der Waals surface area contributed by atoms with E-state index >= 15 is 0 Å². The van der Waals surface area contributed by atoms with Crippen molar-refractivity contribution in [3.8, 4) is 0 Å². The molecule has 0 amide bonds. The summed E-state index contributed by atoms with van der Waals surface area (Å²) in [5.41, 5.74) is 2.91. The van der Waals surface area contributed by atoms with Gasteiger partial charge in [-0.2, -0.15) is 0 Å². The number of hydrogen-bond donors (Lipinski definition) is 0. The first kappa shape index (κ1) is 22.8. The van der Waals surface area contributed by atoms with Crippen LogP contribution in [0.4, 0.5) is 0 Å². The van der Waals surface area contributed by atoms with Crippen molar-refractivity contribution in [3.63, 3.8) is 0 Å². The van der Waals surface area contributed by atoms with Gasteiger partial charge < -0.3 is 0 Å². The summed E-state index contributed by atoms with van der Waals surface area (Å²) in [6.07, 6.45) is 18.1. The lowest BCUT2D eigenvalue weighted by atomic mass is 9.32. The Kier molecular flexibility index (Phi) is 5.15. The summed E-state index contributed by atoms with van der Waals surface area (Å²) in [6, 6.07) is 0. The van der Waals surface area contributed by atoms with Crippen LogP contribution < -0.4 is 0 Å². The minimum Gasteiger partial charge on any atom is -0.0651 e. The molecule has 5 aliphatic rings. The highest BCUT2D eigenvalue weighted by atomic mass is 14.7. The Balaban J connectivity index is 1.50. The second kappa shape index (κ2) is 7.01. The van der Waals surface area contributed by atoms with Crippen molar-refractivity contribution < 1.29 is 0 Å². The molecule has 0 heterocycles. The van der Waals surface area contributed by atoms with Gasteiger partial charge >= 0.3 is 0 Å². The first-order valence-corrected chi connectivity index (χ1v) is 14.4. The van der Waals surface area contributed by atoms with Gasteiger partial charge in [-0.25, -0.2) is 0 Å². The van der Waals surface area contributed by atoms with Crippen molar-refractivity contribution in [3.05, 3.63) is 0 Å². The van der Waals surface area contributed by atoms with Gasteiger partial charge in [0, 0.05) is 0 Å². The van der Waals surface area contributed by atoms with E-state index in [1.54, 1.807) is 6.42 Å². The largest absolute Gasteiger partial charge is 0.0651 e. The molecule has 10 atom stereocenters. The van der Waals surface area contributed by atoms with E-state index in [2.05, 4.69) is 55.4 Å². The van der Waals surface area contributed by atoms with E-state index in [0.717, 1.165) is 35.5 Å². The van der Waals surface area contributed by atoms with Crippen molar-refractivity contribution in [1.82, 2.24) is 0 Å². The van der Waals surface area contributed by atoms with Gasteiger partial charge in [0.2, 0.25) is 0 Å². The van der Waals surface area contributed by atoms with E-state index in [9.17, 15) is 0 Å². The summed E-state index contributed by atoms with van der Waals surface area (Å²) in [6.45, 7) is 21.4. The van der Waals surface area contributed by atoms with Gasteiger partial charge in [-0.05, 0) is 127 Å². The maximum atomic E-state index is 2.82. The molecule has 5 aliphatic carbocycles. The van der Waals surface area contributed by atoms with Crippen molar-refractivity contribution in [2.45, 2.75) is 132 Å². The van der Waals surface area contributed by atoms with E-state index in [4.69, 9.17) is 0 Å². The van der Waals surface area contributed by atoms with Gasteiger partial charge in [0.05, 0.1) is 0 Å². The molecule has 31 heavy (non-hydrogen) atoms. The first-order chi connectivity index (χ1) is 14.4. The zero-order chi connectivity index (χ0) is 22.4. The monoisotopic (exact) mass is 426 g/mol. The zero-order valence-corrected chi connectivity index (χ0v) is 22.4. The van der Waals surface area contributed by atoms with E-state index in [1.165, 1.54) is 70.6 Å². The molecule has 0 bridgehead atoms. The van der Waals surface area contributed by atoms with Crippen LogP contribution in [0.3, 0.4) is 0 Å². The van der Waals surface area contributed by atoms with Gasteiger partial charge in [-0.1, -0.05) is 68.2 Å². The summed E-state index contributed by atoms with van der Waals surface area (Å²) < 4.78 is 0. The Morgan fingerprint density at radius 3 is 1.90 bits per heavy atom. The summed E-state index contributed by atoms with van der Waals surface area (Å²) >= 11 is 0. The lowest BCUT2D eigenvalue weighted by Gasteiger charge is -2.73. The summed E-state index contributed by atoms with van der Waals surface area (Å²) in [7, 11) is 0. The van der Waals surface area contributed by atoms with Crippen LogP contribution in [0, 0.1) is 62.6 Å². The van der Waals surface area contributed by atoms with Crippen LogP contribution >= 0.6 is 0 Å². The van der Waals surface area contributed by atoms with Crippen molar-refractivity contribution in [2.24, 2.45) is 62.6 Å². The first-order valence-electron chi connectivity index (χ1n) is 14.4. The van der Waals surface area contributed by atoms with Crippen LogP contribution in [0.1, 0.15) is 132 Å². The minimum atomic E-state index is 0.560. The molecule has 0 aromatic rings. The molecule has 5 fully saturated rings. The maximum Gasteiger partial charge on any atom is -0.0235 e. The third-order valence-electron chi connectivity index (χ3n) is 14.1. The Labute approximate surface area is 195 Å². The number of fused-ring (bicyclic) bond motifs is 7. The van der Waals surface area contributed by atoms with Gasteiger partial charge in [-0.15, -0.1) is 0 Å². The normalized spacial score (nSPS) is 56.7. The van der Waals surface area contributed by atoms with Crippen LogP contribution in [-0.2, 0) is 0 Å². The topological polar surface area (TPSA) is 0 Å². The molecule has 8 unspecified atom stereocenters. The van der Waals surface area contributed by atoms with Crippen molar-refractivity contribution in [2.75, 3.05) is 0 Å². The minimum absolute atomic E-state index is 0.560. The lowest BCUT2D eigenvalue weighted by Crippen LogP contribution is -2.65. The molecule has 0 radical (unpaired) electrons. The molecule has 5 rings (SSSR count). The zero-order valence-electron chi connectivity index (χ0n) is 22.4. The standard InChI is InChI=1S/C31H54/c1-9-21(2)22-13-18-28(5)23(22)14-19-30(7)25(28)11-12-26-29(6)17-10-16-27(3,4)24(29)15-20-31(26,30)8/h21-26H,9-20H2,1-8H3/t21?,22-,23?,24?,25?,26?,28-,29?,30?,31?/m0/s1. The van der Waals surface area contributed by atoms with Crippen LogP contribution in [0.2, 0.25) is 0 Å². The van der Waals surface area contributed by atoms with Crippen LogP contribution in [0.5, 0.6) is 0 Å². The molecular formula is C31H54. The molecule has 0 aromatic carbocycles. The molecule has 0 saturated heterocycles. The van der Waals surface area contributed by atoms with Crippen LogP contribution in [-0.4, -0.2) is 0 Å². The lowest BCUT2D eigenvalue weighted by molar-refractivity contribution is -0.241. The molecule has 0 heteroatoms. The fraction of sp³-hybridized carbons (Fsp3) is 1.00. The fourth-order valence-corrected chi connectivity index (χ4v) is 12.3. The Morgan fingerprint density at radius 2 is 1.26 bits per heavy atom. The van der Waals surface area contributed by atoms with E-state index in [-0.39, 0.29) is 0 Å². The second-order valence-corrected chi connectivity index (χ2v) is 15.2. The molecule has 0 N–H and O–H groups in total. The second-order valence-electron chi connectivity index (χ2n) is 15.2. The number of hydrogen-bond acceptors (Lipinski definition) is 0. The van der Waals surface area contributed by atoms with Gasteiger partial charge in [0.15, 0.2) is 0 Å². The summed E-state index contributed by atoms with van der Waals surface area (Å²) in [4.78, 5) is 0. The van der Waals surface area contributed by atoms with E-state index in [0.29, 0.717) is 27.1 Å². The highest BCUT2D eigenvalue weighted by Crippen LogP contribution is 2.78. The molecule has 0 aromatic heterocycles. The molecule has 5 saturated carbocycles. The molecule has 178 valence electrons. The van der Waals surface area contributed by atoms with Crippen molar-refractivity contribution in [1.29, 1.82) is 0 Å². The number of rotatable bonds is 2. The van der Waals surface area contributed by atoms with E-state index in [1.807, 2.05) is 0 Å². The van der Waals surface area contributed by atoms with E-state index < -0.39 is 0 Å². The highest BCUT2D eigenvalue weighted by Gasteiger charge is 2.70. The average molecular weight is 427 g/mol. The van der Waals surface area contributed by atoms with Crippen LogP contribution in [0.25, 0.3) is 0 Å². The molecule has 0 nitrogen and oxygen atoms in total. The van der Waals surface area contributed by atoms with Crippen LogP contribution in [0.15, 0.2) is 0 Å². The fourth-order valence-electron chi connectivity index (χ4n) is 12.3. The summed E-state index contributed by atoms with van der Waals surface area (Å²) in [5.74, 6) is 5.86. The summed E-state index contributed by atoms with van der Waals surface area (Å²) in [5, 5.41) is 0. The predicted octanol–water partition coefficient (Wildman–Crippen LogP) is 9.52. The third-order valence-corrected chi connectivity index (χ3v) is 14.1. The van der Waals surface area contributed by atoms with Crippen molar-refractivity contribution >= 4 is 0 Å². The Morgan fingerprint density at radius 1 is 0.645 bits per heavy atom. The third kappa shape index (κ3) is 2.78. The average Bonchev–Trinajstić information content (AvgIpc) is 3.04. The van der Waals surface area contributed by atoms with Gasteiger partial charge in [-0.3, -0.25) is 0 Å². The van der Waals surface area contributed by atoms with Gasteiger partial charge in [0.25, 0.3) is 0 Å². The Hall–Kier alpha value is 0. The molecular weight excluding hydrogens is 372 g/mol.